The minimum absolute atomic E-state index is 0.00715. The standard InChI is InChI=1S/C13H15NO4S/c1-9-2-4-11(5-3-9)19(16,17)14-6-10-8-18-13(15)12(10)7-14/h2-5,10,12H,6-8H2,1H3/t10-,12-/m0/s1. The predicted molar refractivity (Wildman–Crippen MR) is 67.9 cm³/mol. The summed E-state index contributed by atoms with van der Waals surface area (Å²) < 4.78 is 31.3. The summed E-state index contributed by atoms with van der Waals surface area (Å²) in [6.45, 7) is 2.85. The van der Waals surface area contributed by atoms with Gasteiger partial charge in [0.25, 0.3) is 0 Å². The molecular formula is C13H15NO4S. The summed E-state index contributed by atoms with van der Waals surface area (Å²) in [6.07, 6.45) is 0. The van der Waals surface area contributed by atoms with Gasteiger partial charge < -0.3 is 4.74 Å². The number of nitrogens with zero attached hydrogens (tertiary/aromatic N) is 1. The summed E-state index contributed by atoms with van der Waals surface area (Å²) in [5, 5.41) is 0. The summed E-state index contributed by atoms with van der Waals surface area (Å²) in [6, 6.07) is 6.77. The Morgan fingerprint density at radius 2 is 1.89 bits per heavy atom. The SMILES string of the molecule is Cc1ccc(S(=O)(=O)N2C[C@H]3COC(=O)[C@H]3C2)cc1. The molecule has 0 unspecified atom stereocenters. The number of ether oxygens (including phenoxy) is 1. The van der Waals surface area contributed by atoms with Crippen LogP contribution in [0.4, 0.5) is 0 Å². The van der Waals surface area contributed by atoms with Gasteiger partial charge in [-0.25, -0.2) is 8.42 Å². The van der Waals surface area contributed by atoms with Crippen molar-refractivity contribution in [3.8, 4) is 0 Å². The number of benzene rings is 1. The van der Waals surface area contributed by atoms with Gasteiger partial charge in [-0.2, -0.15) is 4.31 Å². The number of fused-ring (bicyclic) bond motifs is 1. The number of cyclic esters (lactones) is 1. The number of carbonyl (C=O) groups excluding carboxylic acids is 1. The van der Waals surface area contributed by atoms with Crippen LogP contribution in [0.3, 0.4) is 0 Å². The van der Waals surface area contributed by atoms with Crippen LogP contribution in [0.1, 0.15) is 5.56 Å². The van der Waals surface area contributed by atoms with E-state index in [1.54, 1.807) is 24.3 Å². The Labute approximate surface area is 112 Å². The van der Waals surface area contributed by atoms with Crippen molar-refractivity contribution in [2.24, 2.45) is 11.8 Å². The molecule has 0 bridgehead atoms. The minimum atomic E-state index is -3.50. The van der Waals surface area contributed by atoms with E-state index in [2.05, 4.69) is 0 Å². The highest BCUT2D eigenvalue weighted by atomic mass is 32.2. The van der Waals surface area contributed by atoms with Crippen molar-refractivity contribution in [3.05, 3.63) is 29.8 Å². The molecule has 2 aliphatic heterocycles. The maximum atomic E-state index is 12.5. The molecule has 0 aliphatic carbocycles. The molecule has 102 valence electrons. The van der Waals surface area contributed by atoms with Crippen molar-refractivity contribution in [1.29, 1.82) is 0 Å². The fourth-order valence-corrected chi connectivity index (χ4v) is 4.14. The molecule has 1 aromatic rings. The van der Waals surface area contributed by atoms with E-state index in [4.69, 9.17) is 4.74 Å². The van der Waals surface area contributed by atoms with Crippen molar-refractivity contribution in [1.82, 2.24) is 4.31 Å². The molecule has 0 amide bonds. The maximum Gasteiger partial charge on any atom is 0.310 e. The normalized spacial score (nSPS) is 27.3. The number of rotatable bonds is 2. The number of esters is 1. The molecule has 2 aliphatic rings. The first kappa shape index (κ1) is 12.6. The first-order chi connectivity index (χ1) is 8.98. The quantitative estimate of drug-likeness (QED) is 0.752. The molecule has 0 spiro atoms. The number of sulfonamides is 1. The predicted octanol–water partition coefficient (Wildman–Crippen LogP) is 0.789. The molecule has 2 fully saturated rings. The monoisotopic (exact) mass is 281 g/mol. The molecule has 0 aromatic heterocycles. The zero-order chi connectivity index (χ0) is 13.6. The lowest BCUT2D eigenvalue weighted by Crippen LogP contribution is -2.31. The lowest BCUT2D eigenvalue weighted by molar-refractivity contribution is -0.141. The van der Waals surface area contributed by atoms with Gasteiger partial charge in [0.2, 0.25) is 10.0 Å². The highest BCUT2D eigenvalue weighted by Crippen LogP contribution is 2.33. The van der Waals surface area contributed by atoms with Crippen LogP contribution in [0.5, 0.6) is 0 Å². The lowest BCUT2D eigenvalue weighted by Gasteiger charge is -2.17. The molecule has 5 nitrogen and oxygen atoms in total. The second-order valence-electron chi connectivity index (χ2n) is 5.13. The Bertz CT molecular complexity index is 608. The Balaban J connectivity index is 1.86. The van der Waals surface area contributed by atoms with Crippen LogP contribution < -0.4 is 0 Å². The number of aryl methyl sites for hydroxylation is 1. The van der Waals surface area contributed by atoms with Gasteiger partial charge in [-0.3, -0.25) is 4.79 Å². The van der Waals surface area contributed by atoms with Crippen LogP contribution >= 0.6 is 0 Å². The van der Waals surface area contributed by atoms with E-state index in [1.807, 2.05) is 6.92 Å². The van der Waals surface area contributed by atoms with E-state index < -0.39 is 10.0 Å². The molecule has 3 rings (SSSR count). The number of hydrogen-bond acceptors (Lipinski definition) is 4. The van der Waals surface area contributed by atoms with Gasteiger partial charge >= 0.3 is 5.97 Å². The first-order valence-electron chi connectivity index (χ1n) is 6.22. The average Bonchev–Trinajstić information content (AvgIpc) is 2.93. The third-order valence-corrected chi connectivity index (χ3v) is 5.65. The molecule has 2 saturated heterocycles. The van der Waals surface area contributed by atoms with Crippen molar-refractivity contribution < 1.29 is 17.9 Å². The van der Waals surface area contributed by atoms with Gasteiger partial charge in [-0.05, 0) is 19.1 Å². The Kier molecular flexibility index (Phi) is 2.87. The number of carbonyl (C=O) groups is 1. The van der Waals surface area contributed by atoms with Gasteiger partial charge in [0.1, 0.15) is 0 Å². The largest absolute Gasteiger partial charge is 0.465 e. The van der Waals surface area contributed by atoms with E-state index in [-0.39, 0.29) is 29.2 Å². The van der Waals surface area contributed by atoms with Crippen molar-refractivity contribution >= 4 is 16.0 Å². The summed E-state index contributed by atoms with van der Waals surface area (Å²) in [5.41, 5.74) is 1.01. The molecular weight excluding hydrogens is 266 g/mol. The molecule has 2 atom stereocenters. The second-order valence-corrected chi connectivity index (χ2v) is 7.07. The molecule has 1 aromatic carbocycles. The molecule has 2 heterocycles. The Hall–Kier alpha value is -1.40. The minimum Gasteiger partial charge on any atom is -0.465 e. The topological polar surface area (TPSA) is 63.7 Å². The lowest BCUT2D eigenvalue weighted by atomic mass is 10.0. The molecule has 0 saturated carbocycles. The van der Waals surface area contributed by atoms with E-state index in [1.165, 1.54) is 4.31 Å². The van der Waals surface area contributed by atoms with Crippen LogP contribution in [0.15, 0.2) is 29.2 Å². The Morgan fingerprint density at radius 3 is 2.53 bits per heavy atom. The van der Waals surface area contributed by atoms with Gasteiger partial charge in [-0.1, -0.05) is 17.7 Å². The first-order valence-corrected chi connectivity index (χ1v) is 7.66. The highest BCUT2D eigenvalue weighted by molar-refractivity contribution is 7.89. The Morgan fingerprint density at radius 1 is 1.21 bits per heavy atom. The van der Waals surface area contributed by atoms with Gasteiger partial charge in [0.15, 0.2) is 0 Å². The fourth-order valence-electron chi connectivity index (χ4n) is 2.62. The van der Waals surface area contributed by atoms with Crippen LogP contribution in [0, 0.1) is 18.8 Å². The van der Waals surface area contributed by atoms with Gasteiger partial charge in [-0.15, -0.1) is 0 Å². The zero-order valence-electron chi connectivity index (χ0n) is 10.6. The van der Waals surface area contributed by atoms with Crippen LogP contribution in [-0.2, 0) is 19.6 Å². The van der Waals surface area contributed by atoms with Crippen molar-refractivity contribution in [2.75, 3.05) is 19.7 Å². The number of hydrogen-bond donors (Lipinski definition) is 0. The van der Waals surface area contributed by atoms with Crippen molar-refractivity contribution in [2.45, 2.75) is 11.8 Å². The maximum absolute atomic E-state index is 12.5. The molecule has 0 radical (unpaired) electrons. The smallest absolute Gasteiger partial charge is 0.310 e. The summed E-state index contributed by atoms with van der Waals surface area (Å²) >= 11 is 0. The van der Waals surface area contributed by atoms with E-state index in [9.17, 15) is 13.2 Å². The van der Waals surface area contributed by atoms with Gasteiger partial charge in [0, 0.05) is 19.0 Å². The zero-order valence-corrected chi connectivity index (χ0v) is 11.4. The molecule has 6 heteroatoms. The van der Waals surface area contributed by atoms with Crippen LogP contribution in [0.2, 0.25) is 0 Å². The second kappa shape index (κ2) is 4.31. The summed E-state index contributed by atoms with van der Waals surface area (Å²) in [4.78, 5) is 11.7. The summed E-state index contributed by atoms with van der Waals surface area (Å²) in [5.74, 6) is -0.556. The van der Waals surface area contributed by atoms with Crippen LogP contribution in [0.25, 0.3) is 0 Å². The average molecular weight is 281 g/mol. The third kappa shape index (κ3) is 2.04. The van der Waals surface area contributed by atoms with Crippen molar-refractivity contribution in [3.63, 3.8) is 0 Å². The molecule has 0 N–H and O–H groups in total. The van der Waals surface area contributed by atoms with E-state index in [0.717, 1.165) is 5.56 Å². The highest BCUT2D eigenvalue weighted by Gasteiger charge is 2.47. The van der Waals surface area contributed by atoms with Crippen LogP contribution in [-0.4, -0.2) is 38.4 Å². The van der Waals surface area contributed by atoms with E-state index >= 15 is 0 Å². The van der Waals surface area contributed by atoms with E-state index in [0.29, 0.717) is 13.2 Å². The fraction of sp³-hybridized carbons (Fsp3) is 0.462. The molecule has 19 heavy (non-hydrogen) atoms. The summed E-state index contributed by atoms with van der Waals surface area (Å²) in [7, 11) is -3.50. The van der Waals surface area contributed by atoms with Gasteiger partial charge in [0.05, 0.1) is 17.4 Å². The third-order valence-electron chi connectivity index (χ3n) is 3.81.